The molecule has 10 nitrogen and oxygen atoms in total. The van der Waals surface area contributed by atoms with Crippen molar-refractivity contribution >= 4 is 17.8 Å². The molecule has 5 rings (SSSR count). The van der Waals surface area contributed by atoms with E-state index in [1.165, 1.54) is 6.42 Å². The van der Waals surface area contributed by atoms with Crippen molar-refractivity contribution in [1.29, 1.82) is 5.26 Å². The zero-order valence-corrected chi connectivity index (χ0v) is 18.5. The normalized spacial score (nSPS) is 35.5. The first-order valence-corrected chi connectivity index (χ1v) is 11.5. The van der Waals surface area contributed by atoms with Crippen LogP contribution in [0.25, 0.3) is 0 Å². The highest BCUT2D eigenvalue weighted by atomic mass is 16.4. The second kappa shape index (κ2) is 9.73. The molecular weight excluding hydrogens is 414 g/mol. The number of aliphatic carboxylic acids is 1. The maximum absolute atomic E-state index is 12.4. The lowest BCUT2D eigenvalue weighted by Crippen LogP contribution is -2.65. The predicted octanol–water partition coefficient (Wildman–Crippen LogP) is -0.162. The van der Waals surface area contributed by atoms with Gasteiger partial charge in [-0.3, -0.25) is 14.4 Å². The van der Waals surface area contributed by atoms with Crippen LogP contribution in [0.4, 0.5) is 0 Å². The van der Waals surface area contributed by atoms with Crippen LogP contribution < -0.4 is 16.8 Å². The lowest BCUT2D eigenvalue weighted by atomic mass is 9.51. The van der Waals surface area contributed by atoms with Crippen molar-refractivity contribution in [2.75, 3.05) is 13.1 Å². The van der Waals surface area contributed by atoms with Gasteiger partial charge in [-0.25, -0.2) is 0 Å². The summed E-state index contributed by atoms with van der Waals surface area (Å²) in [5, 5.41) is 31.6. The Kier molecular flexibility index (Phi) is 7.43. The minimum absolute atomic E-state index is 0.0213. The number of aliphatic hydroxyl groups is 1. The van der Waals surface area contributed by atoms with Gasteiger partial charge in [-0.15, -0.1) is 0 Å². The topological polar surface area (TPSA) is 183 Å². The van der Waals surface area contributed by atoms with Crippen molar-refractivity contribution in [2.24, 2.45) is 23.3 Å². The first-order valence-electron chi connectivity index (χ1n) is 11.5. The van der Waals surface area contributed by atoms with E-state index >= 15 is 0 Å². The standard InChI is InChI=1S/C17H25N3O2.C5H10N2O3/c18-9-14-2-1-3-20(14)15(21)10-19-16-5-12-4-13(6-16)8-17(22,7-12)11-16;6-3(5(9)10)1-2-4(7)8/h12-14,19,22H,1-8,10-11H2;3H,1-2,6H2,(H2,7,8)(H,9,10)/t12-,13+,14-,16?,17?;3-/m00/s1. The summed E-state index contributed by atoms with van der Waals surface area (Å²) in [6, 6.07) is 1.01. The number of nitrogens with zero attached hydrogens (tertiary/aromatic N) is 2. The number of carbonyl (C=O) groups is 3. The van der Waals surface area contributed by atoms with Crippen LogP contribution in [-0.4, -0.2) is 69.2 Å². The van der Waals surface area contributed by atoms with Crippen LogP contribution in [0.15, 0.2) is 0 Å². The number of amides is 2. The largest absolute Gasteiger partial charge is 0.480 e. The molecule has 0 aromatic heterocycles. The van der Waals surface area contributed by atoms with Crippen LogP contribution in [0.1, 0.15) is 64.2 Å². The maximum atomic E-state index is 12.4. The Labute approximate surface area is 188 Å². The van der Waals surface area contributed by atoms with Crippen molar-refractivity contribution in [1.82, 2.24) is 10.2 Å². The molecule has 6 atom stereocenters. The van der Waals surface area contributed by atoms with Crippen molar-refractivity contribution in [3.63, 3.8) is 0 Å². The second-order valence-electron chi connectivity index (χ2n) is 10.1. The molecule has 1 heterocycles. The molecule has 178 valence electrons. The Morgan fingerprint density at radius 2 is 1.88 bits per heavy atom. The van der Waals surface area contributed by atoms with Crippen LogP contribution >= 0.6 is 0 Å². The highest BCUT2D eigenvalue weighted by Crippen LogP contribution is 2.57. The lowest BCUT2D eigenvalue weighted by Gasteiger charge is -2.60. The molecule has 5 aliphatic rings. The van der Waals surface area contributed by atoms with Crippen molar-refractivity contribution < 1.29 is 24.6 Å². The van der Waals surface area contributed by atoms with Crippen molar-refractivity contribution in [2.45, 2.75) is 87.4 Å². The molecule has 10 heteroatoms. The summed E-state index contributed by atoms with van der Waals surface area (Å²) >= 11 is 0. The van der Waals surface area contributed by atoms with Gasteiger partial charge in [0.25, 0.3) is 0 Å². The van der Waals surface area contributed by atoms with E-state index in [4.69, 9.17) is 21.8 Å². The third-order valence-corrected chi connectivity index (χ3v) is 7.39. The van der Waals surface area contributed by atoms with Gasteiger partial charge in [0.1, 0.15) is 12.1 Å². The first kappa shape index (κ1) is 24.4. The molecule has 32 heavy (non-hydrogen) atoms. The fraction of sp³-hybridized carbons (Fsp3) is 0.818. The van der Waals surface area contributed by atoms with Gasteiger partial charge in [0.05, 0.1) is 18.2 Å². The maximum Gasteiger partial charge on any atom is 0.320 e. The van der Waals surface area contributed by atoms with Gasteiger partial charge in [-0.05, 0) is 69.6 Å². The molecule has 2 unspecified atom stereocenters. The smallest absolute Gasteiger partial charge is 0.320 e. The number of nitriles is 1. The molecular formula is C22H35N5O5. The summed E-state index contributed by atoms with van der Waals surface area (Å²) in [7, 11) is 0. The van der Waals surface area contributed by atoms with E-state index < -0.39 is 23.5 Å². The Bertz CT molecular complexity index is 767. The van der Waals surface area contributed by atoms with Crippen LogP contribution in [-0.2, 0) is 14.4 Å². The van der Waals surface area contributed by atoms with Crippen LogP contribution in [0.3, 0.4) is 0 Å². The molecule has 7 N–H and O–H groups in total. The summed E-state index contributed by atoms with van der Waals surface area (Å²) < 4.78 is 0. The number of nitrogens with one attached hydrogen (secondary N) is 1. The average molecular weight is 450 g/mol. The molecule has 0 aromatic carbocycles. The monoisotopic (exact) mass is 449 g/mol. The molecule has 2 amide bonds. The number of nitrogens with two attached hydrogens (primary N) is 2. The lowest BCUT2D eigenvalue weighted by molar-refractivity contribution is -0.147. The summed E-state index contributed by atoms with van der Waals surface area (Å²) in [5.41, 5.74) is 9.27. The third-order valence-electron chi connectivity index (χ3n) is 7.39. The quantitative estimate of drug-likeness (QED) is 0.355. The van der Waals surface area contributed by atoms with E-state index in [2.05, 4.69) is 11.4 Å². The van der Waals surface area contributed by atoms with E-state index in [9.17, 15) is 19.5 Å². The molecule has 4 saturated carbocycles. The SMILES string of the molecule is N#C[C@@H]1CCCN1C(=O)CNC12C[C@@H]3C[C@@H](CC(O)(C3)C1)C2.NC(=O)CC[C@H](N)C(=O)O. The van der Waals surface area contributed by atoms with Crippen molar-refractivity contribution in [3.05, 3.63) is 0 Å². The Balaban J connectivity index is 0.000000247. The molecule has 1 aliphatic heterocycles. The number of hydrogen-bond donors (Lipinski definition) is 5. The van der Waals surface area contributed by atoms with Crippen LogP contribution in [0.2, 0.25) is 0 Å². The number of rotatable bonds is 7. The van der Waals surface area contributed by atoms with Crippen molar-refractivity contribution in [3.8, 4) is 6.07 Å². The minimum Gasteiger partial charge on any atom is -0.480 e. The molecule has 0 radical (unpaired) electrons. The number of carboxylic acids is 1. The number of primary amides is 1. The summed E-state index contributed by atoms with van der Waals surface area (Å²) in [5.74, 6) is -0.357. The van der Waals surface area contributed by atoms with Gasteiger partial charge < -0.3 is 31.9 Å². The Hall–Kier alpha value is -2.22. The first-order chi connectivity index (χ1) is 15.0. The number of carbonyl (C=O) groups excluding carboxylic acids is 2. The zero-order valence-electron chi connectivity index (χ0n) is 18.5. The second-order valence-corrected chi connectivity index (χ2v) is 10.1. The van der Waals surface area contributed by atoms with Crippen LogP contribution in [0.5, 0.6) is 0 Å². The average Bonchev–Trinajstić information content (AvgIpc) is 3.17. The van der Waals surface area contributed by atoms with Gasteiger partial charge in [0.2, 0.25) is 11.8 Å². The van der Waals surface area contributed by atoms with E-state index in [0.717, 1.165) is 44.9 Å². The third kappa shape index (κ3) is 5.77. The van der Waals surface area contributed by atoms with E-state index in [0.29, 0.717) is 24.9 Å². The summed E-state index contributed by atoms with van der Waals surface area (Å²) in [6.45, 7) is 1.02. The summed E-state index contributed by atoms with van der Waals surface area (Å²) in [4.78, 5) is 34.3. The Morgan fingerprint density at radius 3 is 2.41 bits per heavy atom. The highest BCUT2D eigenvalue weighted by Gasteiger charge is 2.57. The number of hydrogen-bond acceptors (Lipinski definition) is 7. The Morgan fingerprint density at radius 1 is 1.22 bits per heavy atom. The minimum atomic E-state index is -1.11. The highest BCUT2D eigenvalue weighted by molar-refractivity contribution is 5.79. The predicted molar refractivity (Wildman–Crippen MR) is 115 cm³/mol. The fourth-order valence-corrected chi connectivity index (χ4v) is 6.41. The molecule has 1 saturated heterocycles. The van der Waals surface area contributed by atoms with E-state index in [-0.39, 0.29) is 30.3 Å². The molecule has 4 bridgehead atoms. The summed E-state index contributed by atoms with van der Waals surface area (Å²) in [6.07, 6.45) is 7.99. The molecule has 5 fully saturated rings. The van der Waals surface area contributed by atoms with E-state index in [1.54, 1.807) is 4.90 Å². The molecule has 4 aliphatic carbocycles. The van der Waals surface area contributed by atoms with Gasteiger partial charge in [-0.1, -0.05) is 0 Å². The number of carboxylic acid groups (broad SMARTS) is 1. The van der Waals surface area contributed by atoms with E-state index in [1.807, 2.05) is 0 Å². The fourth-order valence-electron chi connectivity index (χ4n) is 6.41. The zero-order chi connectivity index (χ0) is 23.5. The van der Waals surface area contributed by atoms with Crippen LogP contribution in [0, 0.1) is 23.2 Å². The number of likely N-dealkylation sites (tertiary alicyclic amines) is 1. The van der Waals surface area contributed by atoms with Gasteiger partial charge in [0, 0.05) is 18.5 Å². The van der Waals surface area contributed by atoms with Gasteiger partial charge >= 0.3 is 5.97 Å². The molecule has 0 spiro atoms. The van der Waals surface area contributed by atoms with Gasteiger partial charge in [-0.2, -0.15) is 5.26 Å². The van der Waals surface area contributed by atoms with Gasteiger partial charge in [0.15, 0.2) is 0 Å². The molecule has 0 aromatic rings.